The summed E-state index contributed by atoms with van der Waals surface area (Å²) in [4.78, 5) is 0. The van der Waals surface area contributed by atoms with Crippen LogP contribution in [0.3, 0.4) is 0 Å². The van der Waals surface area contributed by atoms with E-state index >= 15 is 0 Å². The van der Waals surface area contributed by atoms with E-state index in [2.05, 4.69) is 36.7 Å². The lowest BCUT2D eigenvalue weighted by Crippen LogP contribution is -2.25. The second-order valence-corrected chi connectivity index (χ2v) is 5.00. The van der Waals surface area contributed by atoms with Gasteiger partial charge in [0, 0.05) is 5.33 Å². The molecule has 0 spiro atoms. The number of alkyl halides is 1. The summed E-state index contributed by atoms with van der Waals surface area (Å²) >= 11 is 3.61. The average molecular weight is 219 g/mol. The molecule has 0 aromatic heterocycles. The molecular weight excluding hydrogens is 200 g/mol. The minimum absolute atomic E-state index is 0.582. The van der Waals surface area contributed by atoms with Gasteiger partial charge in [-0.3, -0.25) is 0 Å². The molecule has 2 unspecified atom stereocenters. The highest BCUT2D eigenvalue weighted by atomic mass is 79.9. The third kappa shape index (κ3) is 1.63. The Labute approximate surface area is 78.9 Å². The van der Waals surface area contributed by atoms with Crippen molar-refractivity contribution >= 4 is 15.9 Å². The molecule has 0 amide bonds. The van der Waals surface area contributed by atoms with Gasteiger partial charge in [0.1, 0.15) is 0 Å². The van der Waals surface area contributed by atoms with Gasteiger partial charge in [0.15, 0.2) is 0 Å². The lowest BCUT2D eigenvalue weighted by molar-refractivity contribution is 0.197. The van der Waals surface area contributed by atoms with Gasteiger partial charge in [-0.15, -0.1) is 0 Å². The van der Waals surface area contributed by atoms with Gasteiger partial charge < -0.3 is 0 Å². The highest BCUT2D eigenvalue weighted by Crippen LogP contribution is 2.49. The van der Waals surface area contributed by atoms with Crippen LogP contribution in [0.5, 0.6) is 0 Å². The van der Waals surface area contributed by atoms with Crippen LogP contribution in [-0.4, -0.2) is 5.33 Å². The minimum Gasteiger partial charge on any atom is -0.0925 e. The third-order valence-electron chi connectivity index (χ3n) is 3.65. The summed E-state index contributed by atoms with van der Waals surface area (Å²) in [5.41, 5.74) is 0.582. The molecule has 0 heterocycles. The molecule has 11 heavy (non-hydrogen) atoms. The second kappa shape index (κ2) is 3.47. The molecule has 0 N–H and O–H groups in total. The van der Waals surface area contributed by atoms with Crippen LogP contribution in [0.1, 0.15) is 40.0 Å². The van der Waals surface area contributed by atoms with Crippen molar-refractivity contribution in [3.8, 4) is 0 Å². The van der Waals surface area contributed by atoms with Crippen molar-refractivity contribution in [2.24, 2.45) is 17.3 Å². The summed E-state index contributed by atoms with van der Waals surface area (Å²) < 4.78 is 0. The molecule has 1 aliphatic carbocycles. The first kappa shape index (κ1) is 9.57. The molecule has 2 atom stereocenters. The van der Waals surface area contributed by atoms with E-state index in [-0.39, 0.29) is 0 Å². The zero-order chi connectivity index (χ0) is 8.48. The molecule has 66 valence electrons. The van der Waals surface area contributed by atoms with Gasteiger partial charge in [-0.05, 0) is 30.1 Å². The highest BCUT2D eigenvalue weighted by molar-refractivity contribution is 9.09. The van der Waals surface area contributed by atoms with E-state index in [0.29, 0.717) is 5.41 Å². The summed E-state index contributed by atoms with van der Waals surface area (Å²) in [7, 11) is 0. The topological polar surface area (TPSA) is 0 Å². The molecule has 1 aliphatic rings. The first-order chi connectivity index (χ1) is 5.12. The first-order valence-electron chi connectivity index (χ1n) is 4.68. The Balaban J connectivity index is 2.64. The summed E-state index contributed by atoms with van der Waals surface area (Å²) in [6.45, 7) is 7.18. The predicted molar refractivity (Wildman–Crippen MR) is 54.1 cm³/mol. The Kier molecular flexibility index (Phi) is 3.02. The Bertz CT molecular complexity index is 115. The molecule has 0 aliphatic heterocycles. The lowest BCUT2D eigenvalue weighted by Gasteiger charge is -2.31. The van der Waals surface area contributed by atoms with Gasteiger partial charge in [0.2, 0.25) is 0 Å². The molecule has 0 nitrogen and oxygen atoms in total. The van der Waals surface area contributed by atoms with Crippen LogP contribution in [0, 0.1) is 17.3 Å². The molecule has 1 rings (SSSR count). The average Bonchev–Trinajstić information content (AvgIpc) is 2.24. The van der Waals surface area contributed by atoms with Gasteiger partial charge in [0.25, 0.3) is 0 Å². The monoisotopic (exact) mass is 218 g/mol. The number of hydrogen-bond donors (Lipinski definition) is 0. The Morgan fingerprint density at radius 3 is 2.09 bits per heavy atom. The van der Waals surface area contributed by atoms with Gasteiger partial charge in [-0.25, -0.2) is 0 Å². The quantitative estimate of drug-likeness (QED) is 0.619. The highest BCUT2D eigenvalue weighted by Gasteiger charge is 2.40. The molecular formula is C10H19Br. The molecule has 1 saturated carbocycles. The maximum Gasteiger partial charge on any atom is 0.00648 e. The summed E-state index contributed by atoms with van der Waals surface area (Å²) in [6.07, 6.45) is 4.23. The predicted octanol–water partition coefficient (Wildman–Crippen LogP) is 3.84. The zero-order valence-electron chi connectivity index (χ0n) is 7.86. The van der Waals surface area contributed by atoms with Crippen molar-refractivity contribution in [1.82, 2.24) is 0 Å². The minimum atomic E-state index is 0.582. The molecule has 1 fully saturated rings. The van der Waals surface area contributed by atoms with Crippen LogP contribution in [0.4, 0.5) is 0 Å². The number of hydrogen-bond acceptors (Lipinski definition) is 0. The summed E-state index contributed by atoms with van der Waals surface area (Å²) in [6, 6.07) is 0. The molecule has 0 saturated heterocycles. The fraction of sp³-hybridized carbons (Fsp3) is 1.00. The van der Waals surface area contributed by atoms with Crippen molar-refractivity contribution in [1.29, 1.82) is 0 Å². The summed E-state index contributed by atoms with van der Waals surface area (Å²) in [5, 5.41) is 1.19. The lowest BCUT2D eigenvalue weighted by atomic mass is 9.75. The van der Waals surface area contributed by atoms with E-state index in [1.165, 1.54) is 24.6 Å². The smallest absolute Gasteiger partial charge is 0.00648 e. The van der Waals surface area contributed by atoms with Gasteiger partial charge in [-0.2, -0.15) is 0 Å². The van der Waals surface area contributed by atoms with E-state index < -0.39 is 0 Å². The standard InChI is InChI=1S/C10H19Br/c1-4-8-5-6-9(7-11)10(8,2)3/h8-9H,4-7H2,1-3H3. The van der Waals surface area contributed by atoms with E-state index in [1.807, 2.05) is 0 Å². The first-order valence-corrected chi connectivity index (χ1v) is 5.81. The Morgan fingerprint density at radius 1 is 1.27 bits per heavy atom. The largest absolute Gasteiger partial charge is 0.0925 e. The van der Waals surface area contributed by atoms with Crippen LogP contribution in [0.25, 0.3) is 0 Å². The van der Waals surface area contributed by atoms with Crippen LogP contribution in [-0.2, 0) is 0 Å². The number of halogens is 1. The number of rotatable bonds is 2. The van der Waals surface area contributed by atoms with Crippen molar-refractivity contribution in [2.45, 2.75) is 40.0 Å². The van der Waals surface area contributed by atoms with E-state index in [0.717, 1.165) is 11.8 Å². The van der Waals surface area contributed by atoms with Crippen LogP contribution in [0.2, 0.25) is 0 Å². The van der Waals surface area contributed by atoms with Gasteiger partial charge in [-0.1, -0.05) is 43.1 Å². The van der Waals surface area contributed by atoms with Crippen molar-refractivity contribution in [3.63, 3.8) is 0 Å². The molecule has 0 bridgehead atoms. The maximum atomic E-state index is 3.61. The van der Waals surface area contributed by atoms with Gasteiger partial charge in [0.05, 0.1) is 0 Å². The third-order valence-corrected chi connectivity index (χ3v) is 4.43. The molecule has 1 heteroatoms. The van der Waals surface area contributed by atoms with E-state index in [1.54, 1.807) is 0 Å². The van der Waals surface area contributed by atoms with Crippen LogP contribution in [0.15, 0.2) is 0 Å². The Hall–Kier alpha value is 0.480. The second-order valence-electron chi connectivity index (χ2n) is 4.36. The molecule has 0 aromatic carbocycles. The fourth-order valence-corrected chi connectivity index (χ4v) is 3.64. The van der Waals surface area contributed by atoms with E-state index in [4.69, 9.17) is 0 Å². The molecule has 0 aromatic rings. The van der Waals surface area contributed by atoms with Crippen molar-refractivity contribution in [2.75, 3.05) is 5.33 Å². The SMILES string of the molecule is CCC1CCC(CBr)C1(C)C. The normalized spacial score (nSPS) is 36.0. The van der Waals surface area contributed by atoms with Crippen molar-refractivity contribution < 1.29 is 0 Å². The Morgan fingerprint density at radius 2 is 1.82 bits per heavy atom. The van der Waals surface area contributed by atoms with Crippen LogP contribution >= 0.6 is 15.9 Å². The molecule has 0 radical (unpaired) electrons. The van der Waals surface area contributed by atoms with Crippen LogP contribution < -0.4 is 0 Å². The fourth-order valence-electron chi connectivity index (χ4n) is 2.49. The van der Waals surface area contributed by atoms with E-state index in [9.17, 15) is 0 Å². The van der Waals surface area contributed by atoms with Gasteiger partial charge >= 0.3 is 0 Å². The van der Waals surface area contributed by atoms with Crippen molar-refractivity contribution in [3.05, 3.63) is 0 Å². The summed E-state index contributed by atoms with van der Waals surface area (Å²) in [5.74, 6) is 1.87. The zero-order valence-corrected chi connectivity index (χ0v) is 9.45. The maximum absolute atomic E-state index is 3.61.